The SMILES string of the molecule is CNc1cccc(-c2ccc(Cc3sc(=O)[nH]c3O)cc2)c1. The monoisotopic (exact) mass is 312 g/mol. The van der Waals surface area contributed by atoms with Crippen molar-refractivity contribution in [3.05, 3.63) is 68.6 Å². The topological polar surface area (TPSA) is 65.1 Å². The van der Waals surface area contributed by atoms with Crippen molar-refractivity contribution >= 4 is 17.0 Å². The van der Waals surface area contributed by atoms with Gasteiger partial charge in [-0.2, -0.15) is 0 Å². The predicted molar refractivity (Wildman–Crippen MR) is 90.8 cm³/mol. The number of aromatic nitrogens is 1. The van der Waals surface area contributed by atoms with Crippen molar-refractivity contribution in [1.82, 2.24) is 4.98 Å². The Morgan fingerprint density at radius 2 is 1.91 bits per heavy atom. The number of anilines is 1. The summed E-state index contributed by atoms with van der Waals surface area (Å²) in [6, 6.07) is 16.3. The quantitative estimate of drug-likeness (QED) is 0.691. The Morgan fingerprint density at radius 3 is 2.55 bits per heavy atom. The molecule has 0 amide bonds. The number of nitrogens with one attached hydrogen (secondary N) is 2. The lowest BCUT2D eigenvalue weighted by atomic mass is 10.0. The number of hydrogen-bond donors (Lipinski definition) is 3. The molecular weight excluding hydrogens is 296 g/mol. The summed E-state index contributed by atoms with van der Waals surface area (Å²) in [6.45, 7) is 0. The van der Waals surface area contributed by atoms with Gasteiger partial charge in [-0.05, 0) is 28.8 Å². The van der Waals surface area contributed by atoms with E-state index in [1.807, 2.05) is 31.3 Å². The summed E-state index contributed by atoms with van der Waals surface area (Å²) >= 11 is 1.05. The maximum atomic E-state index is 11.2. The molecule has 0 aliphatic rings. The van der Waals surface area contributed by atoms with Gasteiger partial charge in [0.05, 0.1) is 4.88 Å². The highest BCUT2D eigenvalue weighted by molar-refractivity contribution is 7.09. The van der Waals surface area contributed by atoms with Crippen LogP contribution in [0, 0.1) is 0 Å². The third kappa shape index (κ3) is 3.04. The minimum absolute atomic E-state index is 0.0270. The van der Waals surface area contributed by atoms with Crippen molar-refractivity contribution in [2.45, 2.75) is 6.42 Å². The summed E-state index contributed by atoms with van der Waals surface area (Å²) in [4.78, 5) is 14.0. The summed E-state index contributed by atoms with van der Waals surface area (Å²) < 4.78 is 0. The molecule has 112 valence electrons. The van der Waals surface area contributed by atoms with Gasteiger partial charge < -0.3 is 10.4 Å². The Balaban J connectivity index is 1.83. The van der Waals surface area contributed by atoms with Crippen LogP contribution in [-0.2, 0) is 6.42 Å². The van der Waals surface area contributed by atoms with Crippen molar-refractivity contribution in [1.29, 1.82) is 0 Å². The molecule has 5 heteroatoms. The van der Waals surface area contributed by atoms with E-state index in [-0.39, 0.29) is 10.8 Å². The van der Waals surface area contributed by atoms with Gasteiger partial charge in [0.15, 0.2) is 0 Å². The Morgan fingerprint density at radius 1 is 1.14 bits per heavy atom. The maximum Gasteiger partial charge on any atom is 0.307 e. The smallest absolute Gasteiger partial charge is 0.307 e. The summed E-state index contributed by atoms with van der Waals surface area (Å²) in [5.41, 5.74) is 4.41. The van der Waals surface area contributed by atoms with Crippen LogP contribution in [0.15, 0.2) is 53.3 Å². The van der Waals surface area contributed by atoms with Crippen molar-refractivity contribution in [2.24, 2.45) is 0 Å². The number of H-pyrrole nitrogens is 1. The number of aromatic hydroxyl groups is 1. The van der Waals surface area contributed by atoms with E-state index in [0.717, 1.165) is 33.7 Å². The molecule has 0 fully saturated rings. The zero-order valence-corrected chi connectivity index (χ0v) is 12.9. The van der Waals surface area contributed by atoms with Crippen molar-refractivity contribution in [3.63, 3.8) is 0 Å². The molecule has 0 radical (unpaired) electrons. The lowest BCUT2D eigenvalue weighted by Crippen LogP contribution is -1.89. The van der Waals surface area contributed by atoms with Crippen LogP contribution in [-0.4, -0.2) is 17.1 Å². The summed E-state index contributed by atoms with van der Waals surface area (Å²) in [5.74, 6) is -0.0270. The second-order valence-electron chi connectivity index (χ2n) is 4.99. The van der Waals surface area contributed by atoms with E-state index in [1.165, 1.54) is 0 Å². The van der Waals surface area contributed by atoms with Gasteiger partial charge in [-0.1, -0.05) is 47.7 Å². The van der Waals surface area contributed by atoms with Crippen LogP contribution in [0.25, 0.3) is 11.1 Å². The molecule has 2 aromatic carbocycles. The molecule has 0 atom stereocenters. The van der Waals surface area contributed by atoms with Crippen LogP contribution in [0.5, 0.6) is 5.88 Å². The maximum absolute atomic E-state index is 11.2. The molecule has 0 unspecified atom stereocenters. The molecule has 3 aromatic rings. The van der Waals surface area contributed by atoms with E-state index in [0.29, 0.717) is 11.3 Å². The van der Waals surface area contributed by atoms with Crippen LogP contribution < -0.4 is 10.2 Å². The third-order valence-corrected chi connectivity index (χ3v) is 4.38. The van der Waals surface area contributed by atoms with Crippen LogP contribution in [0.4, 0.5) is 5.69 Å². The molecular formula is C17H16N2O2S. The molecule has 3 rings (SSSR count). The van der Waals surface area contributed by atoms with E-state index in [9.17, 15) is 9.90 Å². The van der Waals surface area contributed by atoms with Gasteiger partial charge in [-0.3, -0.25) is 9.78 Å². The van der Waals surface area contributed by atoms with Gasteiger partial charge >= 0.3 is 4.87 Å². The zero-order valence-electron chi connectivity index (χ0n) is 12.1. The fourth-order valence-corrected chi connectivity index (χ4v) is 3.08. The van der Waals surface area contributed by atoms with Crippen molar-refractivity contribution in [2.75, 3.05) is 12.4 Å². The fourth-order valence-electron chi connectivity index (χ4n) is 2.33. The van der Waals surface area contributed by atoms with Crippen LogP contribution in [0.2, 0.25) is 0 Å². The fraction of sp³-hybridized carbons (Fsp3) is 0.118. The van der Waals surface area contributed by atoms with Gasteiger partial charge in [0, 0.05) is 19.2 Å². The van der Waals surface area contributed by atoms with Gasteiger partial charge in [-0.15, -0.1) is 0 Å². The van der Waals surface area contributed by atoms with E-state index in [1.54, 1.807) is 0 Å². The average molecular weight is 312 g/mol. The van der Waals surface area contributed by atoms with Crippen LogP contribution in [0.3, 0.4) is 0 Å². The number of thiazole rings is 1. The highest BCUT2D eigenvalue weighted by Crippen LogP contribution is 2.25. The van der Waals surface area contributed by atoms with Crippen LogP contribution >= 0.6 is 11.3 Å². The molecule has 4 nitrogen and oxygen atoms in total. The lowest BCUT2D eigenvalue weighted by molar-refractivity contribution is 0.451. The highest BCUT2D eigenvalue weighted by atomic mass is 32.1. The second kappa shape index (κ2) is 6.07. The first kappa shape index (κ1) is 14.4. The van der Waals surface area contributed by atoms with E-state index in [2.05, 4.69) is 34.6 Å². The molecule has 0 aliphatic heterocycles. The summed E-state index contributed by atoms with van der Waals surface area (Å²) in [7, 11) is 1.90. The first-order valence-electron chi connectivity index (χ1n) is 6.94. The number of benzene rings is 2. The average Bonchev–Trinajstić information content (AvgIpc) is 2.86. The van der Waals surface area contributed by atoms with Gasteiger partial charge in [0.25, 0.3) is 0 Å². The standard InChI is InChI=1S/C17H16N2O2S/c1-18-14-4-2-3-13(10-14)12-7-5-11(6-8-12)9-15-16(20)19-17(21)22-15/h2-8,10,18,20H,9H2,1H3,(H,19,21). The largest absolute Gasteiger partial charge is 0.494 e. The molecule has 0 aliphatic carbocycles. The molecule has 1 heterocycles. The van der Waals surface area contributed by atoms with Gasteiger partial charge in [0.2, 0.25) is 5.88 Å². The Hall–Kier alpha value is -2.53. The summed E-state index contributed by atoms with van der Waals surface area (Å²) in [6.07, 6.45) is 0.548. The molecule has 0 spiro atoms. The summed E-state index contributed by atoms with van der Waals surface area (Å²) in [5, 5.41) is 12.8. The molecule has 1 aromatic heterocycles. The molecule has 22 heavy (non-hydrogen) atoms. The van der Waals surface area contributed by atoms with Gasteiger partial charge in [0.1, 0.15) is 0 Å². The molecule has 0 saturated heterocycles. The number of hydrogen-bond acceptors (Lipinski definition) is 4. The molecule has 3 N–H and O–H groups in total. The van der Waals surface area contributed by atoms with Crippen molar-refractivity contribution in [3.8, 4) is 17.0 Å². The lowest BCUT2D eigenvalue weighted by Gasteiger charge is -2.06. The highest BCUT2D eigenvalue weighted by Gasteiger charge is 2.07. The predicted octanol–water partition coefficient (Wildman–Crippen LogP) is 3.44. The molecule has 0 bridgehead atoms. The van der Waals surface area contributed by atoms with Crippen molar-refractivity contribution < 1.29 is 5.11 Å². The van der Waals surface area contributed by atoms with E-state index < -0.39 is 0 Å². The first-order chi connectivity index (χ1) is 10.7. The first-order valence-corrected chi connectivity index (χ1v) is 7.75. The van der Waals surface area contributed by atoms with Gasteiger partial charge in [-0.25, -0.2) is 0 Å². The number of rotatable bonds is 4. The molecule has 0 saturated carbocycles. The number of aromatic amines is 1. The minimum atomic E-state index is -0.229. The van der Waals surface area contributed by atoms with Crippen LogP contribution in [0.1, 0.15) is 10.4 Å². The van der Waals surface area contributed by atoms with E-state index in [4.69, 9.17) is 0 Å². The zero-order chi connectivity index (χ0) is 15.5. The Bertz CT molecular complexity index is 834. The normalized spacial score (nSPS) is 10.6. The third-order valence-electron chi connectivity index (χ3n) is 3.50. The second-order valence-corrected chi connectivity index (χ2v) is 6.06. The Kier molecular flexibility index (Phi) is 3.98. The minimum Gasteiger partial charge on any atom is -0.494 e. The van der Waals surface area contributed by atoms with E-state index >= 15 is 0 Å². The Labute approximate surface area is 132 Å².